The van der Waals surface area contributed by atoms with Gasteiger partial charge < -0.3 is 4.74 Å². The highest BCUT2D eigenvalue weighted by atomic mass is 32.2. The summed E-state index contributed by atoms with van der Waals surface area (Å²) in [5, 5.41) is 1.16. The van der Waals surface area contributed by atoms with Crippen LogP contribution in [-0.2, 0) is 11.3 Å². The Hall–Kier alpha value is -2.44. The Bertz CT molecular complexity index is 1110. The Morgan fingerprint density at radius 3 is 2.59 bits per heavy atom. The molecule has 0 saturated carbocycles. The van der Waals surface area contributed by atoms with Crippen LogP contribution in [0.4, 0.5) is 0 Å². The molecule has 0 aliphatic rings. The first-order chi connectivity index (χ1) is 13.9. The number of fused-ring (bicyclic) bond motifs is 1. The predicted molar refractivity (Wildman–Crippen MR) is 118 cm³/mol. The third-order valence-electron chi connectivity index (χ3n) is 5.03. The zero-order valence-corrected chi connectivity index (χ0v) is 18.1. The number of aromatic nitrogens is 2. The number of nitrogens with zero attached hydrogens (tertiary/aromatic N) is 2. The maximum absolute atomic E-state index is 13.0. The highest BCUT2D eigenvalue weighted by Gasteiger charge is 2.15. The number of benzene rings is 2. The van der Waals surface area contributed by atoms with Crippen LogP contribution < -0.4 is 5.56 Å². The molecule has 0 bridgehead atoms. The van der Waals surface area contributed by atoms with Gasteiger partial charge in [0.1, 0.15) is 0 Å². The number of carbonyl (C=O) groups excluding carboxylic acids is 1. The van der Waals surface area contributed by atoms with E-state index in [-0.39, 0.29) is 17.1 Å². The van der Waals surface area contributed by atoms with Gasteiger partial charge in [0.05, 0.1) is 16.7 Å². The van der Waals surface area contributed by atoms with Crippen molar-refractivity contribution < 1.29 is 9.53 Å². The van der Waals surface area contributed by atoms with Gasteiger partial charge in [-0.25, -0.2) is 4.98 Å². The average Bonchev–Trinajstić information content (AvgIpc) is 2.71. The summed E-state index contributed by atoms with van der Waals surface area (Å²) < 4.78 is 6.78. The monoisotopic (exact) mass is 410 g/mol. The molecule has 0 radical (unpaired) electrons. The van der Waals surface area contributed by atoms with Crippen molar-refractivity contribution in [2.45, 2.75) is 38.9 Å². The normalized spacial score (nSPS) is 11.2. The molecule has 0 unspecified atom stereocenters. The average molecular weight is 411 g/mol. The minimum atomic E-state index is -0.0796. The SMILES string of the molecule is COCCCn1c(SCC(=O)c2cc(C)c(C)cc2C)nc2ccccc2c1=O. The van der Waals surface area contributed by atoms with Crippen LogP contribution in [0.2, 0.25) is 0 Å². The molecule has 0 spiro atoms. The second-order valence-electron chi connectivity index (χ2n) is 7.18. The van der Waals surface area contributed by atoms with E-state index in [1.165, 1.54) is 17.3 Å². The molecule has 152 valence electrons. The molecule has 0 amide bonds. The van der Waals surface area contributed by atoms with Crippen LogP contribution in [-0.4, -0.2) is 34.8 Å². The van der Waals surface area contributed by atoms with Crippen LogP contribution in [0, 0.1) is 20.8 Å². The number of ketones is 1. The number of thioether (sulfide) groups is 1. The van der Waals surface area contributed by atoms with Crippen molar-refractivity contribution in [3.05, 3.63) is 69.0 Å². The van der Waals surface area contributed by atoms with Gasteiger partial charge in [-0.3, -0.25) is 14.2 Å². The molecule has 0 fully saturated rings. The van der Waals surface area contributed by atoms with Crippen molar-refractivity contribution >= 4 is 28.4 Å². The molecule has 5 nitrogen and oxygen atoms in total. The second-order valence-corrected chi connectivity index (χ2v) is 8.12. The number of ether oxygens (including phenoxy) is 1. The fourth-order valence-electron chi connectivity index (χ4n) is 3.29. The lowest BCUT2D eigenvalue weighted by Gasteiger charge is -2.13. The highest BCUT2D eigenvalue weighted by Crippen LogP contribution is 2.22. The van der Waals surface area contributed by atoms with Gasteiger partial charge in [-0.05, 0) is 62.1 Å². The third kappa shape index (κ3) is 4.77. The van der Waals surface area contributed by atoms with Crippen LogP contribution in [0.1, 0.15) is 33.5 Å². The number of para-hydroxylation sites is 1. The number of hydrogen-bond acceptors (Lipinski definition) is 5. The Balaban J connectivity index is 1.90. The van der Waals surface area contributed by atoms with Crippen LogP contribution in [0.15, 0.2) is 46.3 Å². The molecule has 0 aliphatic heterocycles. The van der Waals surface area contributed by atoms with E-state index in [4.69, 9.17) is 4.74 Å². The lowest BCUT2D eigenvalue weighted by atomic mass is 9.99. The molecule has 0 N–H and O–H groups in total. The summed E-state index contributed by atoms with van der Waals surface area (Å²) in [4.78, 5) is 30.5. The fraction of sp³-hybridized carbons (Fsp3) is 0.348. The molecule has 2 aromatic carbocycles. The summed E-state index contributed by atoms with van der Waals surface area (Å²) in [6.45, 7) is 7.08. The van der Waals surface area contributed by atoms with Gasteiger partial charge in [-0.15, -0.1) is 0 Å². The van der Waals surface area contributed by atoms with Crippen molar-refractivity contribution in [2.24, 2.45) is 0 Å². The van der Waals surface area contributed by atoms with E-state index in [0.717, 1.165) is 16.7 Å². The van der Waals surface area contributed by atoms with Crippen molar-refractivity contribution in [3.8, 4) is 0 Å². The second kappa shape index (κ2) is 9.37. The number of rotatable bonds is 8. The summed E-state index contributed by atoms with van der Waals surface area (Å²) >= 11 is 1.32. The molecular weight excluding hydrogens is 384 g/mol. The summed E-state index contributed by atoms with van der Waals surface area (Å²) in [7, 11) is 1.64. The maximum atomic E-state index is 13.0. The molecule has 1 heterocycles. The molecular formula is C23H26N2O3S. The third-order valence-corrected chi connectivity index (χ3v) is 6.01. The summed E-state index contributed by atoms with van der Waals surface area (Å²) in [6, 6.07) is 11.3. The minimum absolute atomic E-state index is 0.0430. The minimum Gasteiger partial charge on any atom is -0.385 e. The van der Waals surface area contributed by atoms with Gasteiger partial charge in [-0.2, -0.15) is 0 Å². The largest absolute Gasteiger partial charge is 0.385 e. The Morgan fingerprint density at radius 2 is 1.83 bits per heavy atom. The van der Waals surface area contributed by atoms with Crippen LogP contribution in [0.3, 0.4) is 0 Å². The Labute approximate surface area is 175 Å². The number of hydrogen-bond donors (Lipinski definition) is 0. The summed E-state index contributed by atoms with van der Waals surface area (Å²) in [5.41, 5.74) is 4.55. The van der Waals surface area contributed by atoms with Gasteiger partial charge in [-0.1, -0.05) is 30.0 Å². The number of carbonyl (C=O) groups is 1. The number of methoxy groups -OCH3 is 1. The molecule has 0 atom stereocenters. The number of aryl methyl sites for hydroxylation is 3. The van der Waals surface area contributed by atoms with Crippen molar-refractivity contribution in [3.63, 3.8) is 0 Å². The van der Waals surface area contributed by atoms with Gasteiger partial charge >= 0.3 is 0 Å². The quantitative estimate of drug-likeness (QED) is 0.239. The lowest BCUT2D eigenvalue weighted by Crippen LogP contribution is -2.24. The molecule has 3 rings (SSSR count). The summed E-state index contributed by atoms with van der Waals surface area (Å²) in [5.74, 6) is 0.278. The Morgan fingerprint density at radius 1 is 1.10 bits per heavy atom. The topological polar surface area (TPSA) is 61.2 Å². The van der Waals surface area contributed by atoms with Crippen molar-refractivity contribution in [2.75, 3.05) is 19.5 Å². The van der Waals surface area contributed by atoms with E-state index >= 15 is 0 Å². The maximum Gasteiger partial charge on any atom is 0.262 e. The smallest absolute Gasteiger partial charge is 0.262 e. The van der Waals surface area contributed by atoms with Gasteiger partial charge in [0, 0.05) is 25.8 Å². The zero-order chi connectivity index (χ0) is 21.0. The fourth-order valence-corrected chi connectivity index (χ4v) is 4.20. The van der Waals surface area contributed by atoms with E-state index in [1.54, 1.807) is 17.7 Å². The van der Waals surface area contributed by atoms with Crippen LogP contribution >= 0.6 is 11.8 Å². The molecule has 0 saturated heterocycles. The van der Waals surface area contributed by atoms with Gasteiger partial charge in [0.2, 0.25) is 0 Å². The van der Waals surface area contributed by atoms with E-state index in [0.29, 0.717) is 35.6 Å². The first-order valence-corrected chi connectivity index (χ1v) is 10.6. The van der Waals surface area contributed by atoms with E-state index < -0.39 is 0 Å². The lowest BCUT2D eigenvalue weighted by molar-refractivity contribution is 0.102. The molecule has 3 aromatic rings. The van der Waals surface area contributed by atoms with E-state index in [2.05, 4.69) is 4.98 Å². The molecule has 1 aromatic heterocycles. The first-order valence-electron chi connectivity index (χ1n) is 9.64. The van der Waals surface area contributed by atoms with E-state index in [9.17, 15) is 9.59 Å². The van der Waals surface area contributed by atoms with Crippen LogP contribution in [0.25, 0.3) is 10.9 Å². The standard InChI is InChI=1S/C23H26N2O3S/c1-15-12-17(3)19(13-16(15)2)21(26)14-29-23-24-20-9-6-5-8-18(20)22(27)25(23)10-7-11-28-4/h5-6,8-9,12-13H,7,10-11,14H2,1-4H3. The van der Waals surface area contributed by atoms with Crippen molar-refractivity contribution in [1.29, 1.82) is 0 Å². The highest BCUT2D eigenvalue weighted by molar-refractivity contribution is 7.99. The zero-order valence-electron chi connectivity index (χ0n) is 17.3. The predicted octanol–water partition coefficient (Wildman–Crippen LogP) is 4.33. The molecule has 0 aliphatic carbocycles. The van der Waals surface area contributed by atoms with Gasteiger partial charge in [0.25, 0.3) is 5.56 Å². The van der Waals surface area contributed by atoms with Gasteiger partial charge in [0.15, 0.2) is 10.9 Å². The summed E-state index contributed by atoms with van der Waals surface area (Å²) in [6.07, 6.45) is 0.703. The molecule has 6 heteroatoms. The number of Topliss-reactive ketones (excluding diaryl/α,β-unsaturated/α-hetero) is 1. The first kappa shape index (κ1) is 21.3. The van der Waals surface area contributed by atoms with Crippen molar-refractivity contribution in [1.82, 2.24) is 9.55 Å². The van der Waals surface area contributed by atoms with Crippen LogP contribution in [0.5, 0.6) is 0 Å². The van der Waals surface area contributed by atoms with E-state index in [1.807, 2.05) is 51.1 Å². The molecule has 29 heavy (non-hydrogen) atoms. The Kier molecular flexibility index (Phi) is 6.87.